The van der Waals surface area contributed by atoms with Gasteiger partial charge in [-0.15, -0.1) is 0 Å². The maximum Gasteiger partial charge on any atom is 0.254 e. The predicted molar refractivity (Wildman–Crippen MR) is 141 cm³/mol. The Morgan fingerprint density at radius 1 is 0.917 bits per heavy atom. The van der Waals surface area contributed by atoms with Crippen molar-refractivity contribution in [1.29, 1.82) is 0 Å². The molecule has 0 spiro atoms. The van der Waals surface area contributed by atoms with Crippen LogP contribution >= 0.6 is 0 Å². The van der Waals surface area contributed by atoms with Crippen LogP contribution in [0.4, 0.5) is 10.1 Å². The number of dihydropyridines is 1. The molecule has 0 fully saturated rings. The molecular weight excluding hydrogens is 451 g/mol. The van der Waals surface area contributed by atoms with Gasteiger partial charge in [0.1, 0.15) is 5.82 Å². The molecular formula is C31H25FN2O2. The Morgan fingerprint density at radius 3 is 2.31 bits per heavy atom. The lowest BCUT2D eigenvalue weighted by Gasteiger charge is -2.35. The number of Topliss-reactive ketones (excluding diaryl/α,β-unsaturated/α-hetero) is 1. The van der Waals surface area contributed by atoms with Crippen molar-refractivity contribution in [2.75, 3.05) is 5.32 Å². The standard InChI is InChI=1S/C31H25FN2O2/c1-18-27(31(36)34-22-11-6-10-21(32)17-22)30(29-25(33-18)14-7-15-26(29)35)28-23-12-4-2-8-19(23)16-20-9-3-5-13-24(20)28/h2-6,8-13,16-17,30,33H,7,14-15H2,1H3,(H,34,36). The van der Waals surface area contributed by atoms with Gasteiger partial charge >= 0.3 is 0 Å². The molecule has 1 aliphatic heterocycles. The lowest BCUT2D eigenvalue weighted by atomic mass is 9.72. The number of rotatable bonds is 3. The van der Waals surface area contributed by atoms with Gasteiger partial charge in [-0.05, 0) is 71.1 Å². The van der Waals surface area contributed by atoms with Crippen molar-refractivity contribution in [2.45, 2.75) is 32.1 Å². The van der Waals surface area contributed by atoms with Gasteiger partial charge in [-0.1, -0.05) is 54.6 Å². The van der Waals surface area contributed by atoms with Crippen molar-refractivity contribution >= 4 is 38.9 Å². The maximum atomic E-state index is 13.9. The highest BCUT2D eigenvalue weighted by atomic mass is 19.1. The number of allylic oxidation sites excluding steroid dienone is 3. The van der Waals surface area contributed by atoms with Crippen LogP contribution in [-0.2, 0) is 9.59 Å². The van der Waals surface area contributed by atoms with Crippen LogP contribution < -0.4 is 10.6 Å². The van der Waals surface area contributed by atoms with Gasteiger partial charge in [0.05, 0.1) is 0 Å². The predicted octanol–water partition coefficient (Wildman–Crippen LogP) is 6.74. The van der Waals surface area contributed by atoms with Gasteiger partial charge in [-0.3, -0.25) is 9.59 Å². The summed E-state index contributed by atoms with van der Waals surface area (Å²) in [7, 11) is 0. The number of nitrogens with one attached hydrogen (secondary N) is 2. The zero-order chi connectivity index (χ0) is 24.8. The second kappa shape index (κ2) is 8.76. The van der Waals surface area contributed by atoms with Crippen LogP contribution in [0.5, 0.6) is 0 Å². The molecule has 178 valence electrons. The van der Waals surface area contributed by atoms with Crippen LogP contribution in [0, 0.1) is 5.82 Å². The number of halogens is 1. The van der Waals surface area contributed by atoms with E-state index in [0.717, 1.165) is 45.6 Å². The Balaban J connectivity index is 1.62. The van der Waals surface area contributed by atoms with Crippen molar-refractivity contribution in [2.24, 2.45) is 0 Å². The first-order valence-corrected chi connectivity index (χ1v) is 12.2. The van der Waals surface area contributed by atoms with Crippen LogP contribution in [0.2, 0.25) is 0 Å². The Hall–Kier alpha value is -4.25. The molecule has 1 amide bonds. The van der Waals surface area contributed by atoms with Gasteiger partial charge in [0.25, 0.3) is 5.91 Å². The van der Waals surface area contributed by atoms with Crippen molar-refractivity contribution in [3.63, 3.8) is 0 Å². The summed E-state index contributed by atoms with van der Waals surface area (Å²) in [4.78, 5) is 27.3. The average Bonchev–Trinajstić information content (AvgIpc) is 2.86. The van der Waals surface area contributed by atoms with Crippen molar-refractivity contribution in [3.05, 3.63) is 113 Å². The number of amides is 1. The molecule has 0 saturated heterocycles. The summed E-state index contributed by atoms with van der Waals surface area (Å²) in [6, 6.07) is 24.2. The largest absolute Gasteiger partial charge is 0.362 e. The van der Waals surface area contributed by atoms with E-state index in [1.807, 2.05) is 31.2 Å². The normalized spacial score (nSPS) is 17.8. The second-order valence-corrected chi connectivity index (χ2v) is 9.46. The van der Waals surface area contributed by atoms with E-state index in [-0.39, 0.29) is 11.7 Å². The molecule has 1 atom stereocenters. The molecule has 0 bridgehead atoms. The SMILES string of the molecule is CC1=C(C(=O)Nc2cccc(F)c2)C(c2c3ccccc3cc3ccccc23)C2=C(CCCC2=O)N1. The van der Waals surface area contributed by atoms with Gasteiger partial charge in [0.15, 0.2) is 5.78 Å². The van der Waals surface area contributed by atoms with E-state index in [2.05, 4.69) is 41.0 Å². The summed E-state index contributed by atoms with van der Waals surface area (Å²) in [6.07, 6.45) is 2.00. The number of ketones is 1. The Kier molecular flexibility index (Phi) is 5.41. The molecule has 4 nitrogen and oxygen atoms in total. The fraction of sp³-hybridized carbons (Fsp3) is 0.161. The molecule has 5 heteroatoms. The minimum absolute atomic E-state index is 0.0642. The number of anilines is 1. The smallest absolute Gasteiger partial charge is 0.254 e. The second-order valence-electron chi connectivity index (χ2n) is 9.46. The first-order chi connectivity index (χ1) is 17.5. The highest BCUT2D eigenvalue weighted by Crippen LogP contribution is 2.47. The summed E-state index contributed by atoms with van der Waals surface area (Å²) in [5, 5.41) is 10.4. The third-order valence-corrected chi connectivity index (χ3v) is 7.20. The van der Waals surface area contributed by atoms with Crippen LogP contribution in [0.15, 0.2) is 101 Å². The van der Waals surface area contributed by atoms with Crippen molar-refractivity contribution < 1.29 is 14.0 Å². The number of hydrogen-bond donors (Lipinski definition) is 2. The summed E-state index contributed by atoms with van der Waals surface area (Å²) >= 11 is 0. The maximum absolute atomic E-state index is 13.9. The van der Waals surface area contributed by atoms with Gasteiger partial charge in [0.2, 0.25) is 0 Å². The van der Waals surface area contributed by atoms with E-state index in [4.69, 9.17) is 0 Å². The third-order valence-electron chi connectivity index (χ3n) is 7.20. The molecule has 0 radical (unpaired) electrons. The summed E-state index contributed by atoms with van der Waals surface area (Å²) < 4.78 is 13.9. The first-order valence-electron chi connectivity index (χ1n) is 12.2. The van der Waals surface area contributed by atoms with E-state index >= 15 is 0 Å². The number of carbonyl (C=O) groups is 2. The van der Waals surface area contributed by atoms with Gasteiger partial charge in [-0.25, -0.2) is 4.39 Å². The van der Waals surface area contributed by atoms with Gasteiger partial charge < -0.3 is 10.6 Å². The monoisotopic (exact) mass is 476 g/mol. The summed E-state index contributed by atoms with van der Waals surface area (Å²) in [5.74, 6) is -1.25. The third kappa shape index (κ3) is 3.68. The zero-order valence-electron chi connectivity index (χ0n) is 19.9. The molecule has 2 N–H and O–H groups in total. The number of carbonyl (C=O) groups excluding carboxylic acids is 2. The van der Waals surface area contributed by atoms with Gasteiger partial charge in [-0.2, -0.15) is 0 Å². The lowest BCUT2D eigenvalue weighted by Crippen LogP contribution is -2.35. The number of fused-ring (bicyclic) bond motifs is 2. The molecule has 6 rings (SSSR count). The Morgan fingerprint density at radius 2 is 1.61 bits per heavy atom. The van der Waals surface area contributed by atoms with Crippen LogP contribution in [0.25, 0.3) is 21.5 Å². The molecule has 0 saturated carbocycles. The molecule has 4 aromatic carbocycles. The Bertz CT molecular complexity index is 1580. The molecule has 1 unspecified atom stereocenters. The first kappa shape index (κ1) is 22.2. The minimum Gasteiger partial charge on any atom is -0.362 e. The van der Waals surface area contributed by atoms with E-state index in [1.165, 1.54) is 12.1 Å². The number of hydrogen-bond acceptors (Lipinski definition) is 3. The number of benzene rings is 4. The fourth-order valence-corrected chi connectivity index (χ4v) is 5.70. The highest BCUT2D eigenvalue weighted by Gasteiger charge is 2.39. The average molecular weight is 477 g/mol. The molecule has 1 aliphatic carbocycles. The fourth-order valence-electron chi connectivity index (χ4n) is 5.70. The summed E-state index contributed by atoms with van der Waals surface area (Å²) in [6.45, 7) is 1.88. The molecule has 36 heavy (non-hydrogen) atoms. The van der Waals surface area contributed by atoms with E-state index in [1.54, 1.807) is 12.1 Å². The van der Waals surface area contributed by atoms with E-state index < -0.39 is 11.7 Å². The van der Waals surface area contributed by atoms with E-state index in [9.17, 15) is 14.0 Å². The quantitative estimate of drug-likeness (QED) is 0.322. The van der Waals surface area contributed by atoms with Crippen molar-refractivity contribution in [3.8, 4) is 0 Å². The van der Waals surface area contributed by atoms with E-state index in [0.29, 0.717) is 29.0 Å². The molecule has 0 aromatic heterocycles. The van der Waals surface area contributed by atoms with Crippen LogP contribution in [-0.4, -0.2) is 11.7 Å². The topological polar surface area (TPSA) is 58.2 Å². The molecule has 1 heterocycles. The lowest BCUT2D eigenvalue weighted by molar-refractivity contribution is -0.116. The molecule has 2 aliphatic rings. The summed E-state index contributed by atoms with van der Waals surface area (Å²) in [5.41, 5.74) is 4.08. The highest BCUT2D eigenvalue weighted by molar-refractivity contribution is 6.13. The van der Waals surface area contributed by atoms with Crippen molar-refractivity contribution in [1.82, 2.24) is 5.32 Å². The Labute approximate surface area is 208 Å². The molecule has 4 aromatic rings. The zero-order valence-corrected chi connectivity index (χ0v) is 19.9. The van der Waals surface area contributed by atoms with Crippen LogP contribution in [0.3, 0.4) is 0 Å². The van der Waals surface area contributed by atoms with Crippen LogP contribution in [0.1, 0.15) is 37.7 Å². The van der Waals surface area contributed by atoms with Gasteiger partial charge in [0, 0.05) is 40.6 Å². The minimum atomic E-state index is -0.543.